The molecule has 150 valence electrons. The van der Waals surface area contributed by atoms with E-state index < -0.39 is 15.9 Å². The van der Waals surface area contributed by atoms with Crippen LogP contribution in [0.25, 0.3) is 0 Å². The van der Waals surface area contributed by atoms with Gasteiger partial charge in [0.2, 0.25) is 10.0 Å². The molecule has 0 spiro atoms. The van der Waals surface area contributed by atoms with Gasteiger partial charge in [0.25, 0.3) is 5.91 Å². The van der Waals surface area contributed by atoms with E-state index in [-0.39, 0.29) is 11.5 Å². The van der Waals surface area contributed by atoms with Gasteiger partial charge in [0, 0.05) is 16.3 Å². The molecule has 0 unspecified atom stereocenters. The van der Waals surface area contributed by atoms with E-state index in [2.05, 4.69) is 5.32 Å². The van der Waals surface area contributed by atoms with Gasteiger partial charge in [0.1, 0.15) is 12.4 Å². The molecular weight excluding hydrogens is 412 g/mol. The van der Waals surface area contributed by atoms with Gasteiger partial charge in [0.05, 0.1) is 10.5 Å². The number of amides is 1. The van der Waals surface area contributed by atoms with Crippen molar-refractivity contribution in [3.8, 4) is 5.75 Å². The standard InChI is InChI=1S/C21H19ClN2O4S/c1-14-10-11-16(12-20(14)29(23,26)27)24-21(25)17-7-3-5-9-19(17)28-13-15-6-2-4-8-18(15)22/h2-12H,13H2,1H3,(H,24,25)(H2,23,26,27). The van der Waals surface area contributed by atoms with Gasteiger partial charge < -0.3 is 10.1 Å². The Morgan fingerprint density at radius 1 is 1.07 bits per heavy atom. The van der Waals surface area contributed by atoms with Crippen molar-refractivity contribution in [1.29, 1.82) is 0 Å². The van der Waals surface area contributed by atoms with E-state index in [0.717, 1.165) is 5.56 Å². The Labute approximate surface area is 174 Å². The summed E-state index contributed by atoms with van der Waals surface area (Å²) in [7, 11) is -3.90. The Bertz CT molecular complexity index is 1160. The van der Waals surface area contributed by atoms with Crippen molar-refractivity contribution in [2.75, 3.05) is 5.32 Å². The third-order valence-corrected chi connectivity index (χ3v) is 5.65. The molecular formula is C21H19ClN2O4S. The Hall–Kier alpha value is -2.87. The Morgan fingerprint density at radius 3 is 2.48 bits per heavy atom. The van der Waals surface area contributed by atoms with E-state index in [0.29, 0.717) is 27.6 Å². The Balaban J connectivity index is 1.81. The number of para-hydroxylation sites is 1. The van der Waals surface area contributed by atoms with Crippen molar-refractivity contribution in [3.05, 3.63) is 88.4 Å². The number of nitrogens with one attached hydrogen (secondary N) is 1. The molecule has 0 saturated heterocycles. The van der Waals surface area contributed by atoms with Crippen molar-refractivity contribution in [2.24, 2.45) is 5.14 Å². The van der Waals surface area contributed by atoms with Crippen molar-refractivity contribution >= 4 is 33.2 Å². The van der Waals surface area contributed by atoms with Crippen LogP contribution in [0.5, 0.6) is 5.75 Å². The van der Waals surface area contributed by atoms with Crippen LogP contribution in [-0.4, -0.2) is 14.3 Å². The SMILES string of the molecule is Cc1ccc(NC(=O)c2ccccc2OCc2ccccc2Cl)cc1S(N)(=O)=O. The number of aryl methyl sites for hydroxylation is 1. The highest BCUT2D eigenvalue weighted by molar-refractivity contribution is 7.89. The van der Waals surface area contributed by atoms with Crippen molar-refractivity contribution in [2.45, 2.75) is 18.4 Å². The van der Waals surface area contributed by atoms with Gasteiger partial charge in [-0.3, -0.25) is 4.79 Å². The first kappa shape index (κ1) is 20.9. The smallest absolute Gasteiger partial charge is 0.259 e. The van der Waals surface area contributed by atoms with Gasteiger partial charge in [-0.1, -0.05) is 48.0 Å². The molecule has 8 heteroatoms. The largest absolute Gasteiger partial charge is 0.488 e. The zero-order valence-electron chi connectivity index (χ0n) is 15.6. The number of primary sulfonamides is 1. The number of anilines is 1. The maximum absolute atomic E-state index is 12.8. The molecule has 0 heterocycles. The molecule has 6 nitrogen and oxygen atoms in total. The van der Waals surface area contributed by atoms with Crippen LogP contribution in [0, 0.1) is 6.92 Å². The van der Waals surface area contributed by atoms with Gasteiger partial charge in [-0.25, -0.2) is 13.6 Å². The highest BCUT2D eigenvalue weighted by Crippen LogP contribution is 2.24. The fraction of sp³-hybridized carbons (Fsp3) is 0.0952. The second kappa shape index (κ2) is 8.65. The molecule has 0 saturated carbocycles. The number of nitrogens with two attached hydrogens (primary N) is 1. The summed E-state index contributed by atoms with van der Waals surface area (Å²) in [5.41, 5.74) is 1.90. The lowest BCUT2D eigenvalue weighted by molar-refractivity contribution is 0.102. The van der Waals surface area contributed by atoms with E-state index in [4.69, 9.17) is 21.5 Å². The van der Waals surface area contributed by atoms with Gasteiger partial charge >= 0.3 is 0 Å². The predicted octanol–water partition coefficient (Wildman–Crippen LogP) is 4.13. The van der Waals surface area contributed by atoms with Crippen molar-refractivity contribution < 1.29 is 17.9 Å². The summed E-state index contributed by atoms with van der Waals surface area (Å²) < 4.78 is 29.2. The average molecular weight is 431 g/mol. The maximum atomic E-state index is 12.8. The fourth-order valence-electron chi connectivity index (χ4n) is 2.73. The molecule has 0 aromatic heterocycles. The van der Waals surface area contributed by atoms with Crippen LogP contribution >= 0.6 is 11.6 Å². The quantitative estimate of drug-likeness (QED) is 0.614. The second-order valence-corrected chi connectivity index (χ2v) is 8.29. The first-order valence-electron chi connectivity index (χ1n) is 8.66. The predicted molar refractivity (Wildman–Crippen MR) is 113 cm³/mol. The first-order valence-corrected chi connectivity index (χ1v) is 10.6. The lowest BCUT2D eigenvalue weighted by Gasteiger charge is -2.13. The lowest BCUT2D eigenvalue weighted by Crippen LogP contribution is -2.16. The normalized spacial score (nSPS) is 11.1. The number of carbonyl (C=O) groups excluding carboxylic acids is 1. The van der Waals surface area contributed by atoms with Crippen LogP contribution in [0.3, 0.4) is 0 Å². The van der Waals surface area contributed by atoms with Gasteiger partial charge in [-0.2, -0.15) is 0 Å². The molecule has 0 radical (unpaired) electrons. The first-order chi connectivity index (χ1) is 13.8. The minimum Gasteiger partial charge on any atom is -0.488 e. The van der Waals surface area contributed by atoms with Crippen molar-refractivity contribution in [1.82, 2.24) is 0 Å². The second-order valence-electron chi connectivity index (χ2n) is 6.36. The lowest BCUT2D eigenvalue weighted by atomic mass is 10.1. The van der Waals surface area contributed by atoms with Gasteiger partial charge in [-0.15, -0.1) is 0 Å². The molecule has 3 aromatic carbocycles. The highest BCUT2D eigenvalue weighted by atomic mass is 35.5. The van der Waals surface area contributed by atoms with E-state index in [9.17, 15) is 13.2 Å². The fourth-order valence-corrected chi connectivity index (χ4v) is 3.73. The average Bonchev–Trinajstić information content (AvgIpc) is 2.68. The van der Waals surface area contributed by atoms with E-state index in [1.807, 2.05) is 18.2 Å². The third kappa shape index (κ3) is 5.14. The zero-order chi connectivity index (χ0) is 21.0. The third-order valence-electron chi connectivity index (χ3n) is 4.23. The number of rotatable bonds is 6. The van der Waals surface area contributed by atoms with Crippen LogP contribution in [0.2, 0.25) is 5.02 Å². The number of carbonyl (C=O) groups is 1. The summed E-state index contributed by atoms with van der Waals surface area (Å²) in [4.78, 5) is 12.7. The molecule has 0 aliphatic heterocycles. The van der Waals surface area contributed by atoms with E-state index in [1.54, 1.807) is 49.4 Å². The van der Waals surface area contributed by atoms with Crippen molar-refractivity contribution in [3.63, 3.8) is 0 Å². The Morgan fingerprint density at radius 2 is 1.76 bits per heavy atom. The minimum absolute atomic E-state index is 0.0430. The summed E-state index contributed by atoms with van der Waals surface area (Å²) in [6.45, 7) is 1.83. The summed E-state index contributed by atoms with van der Waals surface area (Å²) in [6.07, 6.45) is 0. The number of hydrogen-bond donors (Lipinski definition) is 2. The minimum atomic E-state index is -3.90. The summed E-state index contributed by atoms with van der Waals surface area (Å²) >= 11 is 6.15. The maximum Gasteiger partial charge on any atom is 0.259 e. The van der Waals surface area contributed by atoms with E-state index in [1.165, 1.54) is 6.07 Å². The Kier molecular flexibility index (Phi) is 6.22. The molecule has 0 atom stereocenters. The number of ether oxygens (including phenoxy) is 1. The van der Waals surface area contributed by atoms with Gasteiger partial charge in [0.15, 0.2) is 0 Å². The topological polar surface area (TPSA) is 98.5 Å². The van der Waals surface area contributed by atoms with Crippen LogP contribution < -0.4 is 15.2 Å². The number of benzene rings is 3. The van der Waals surface area contributed by atoms with Crippen LogP contribution in [0.4, 0.5) is 5.69 Å². The molecule has 3 aromatic rings. The molecule has 29 heavy (non-hydrogen) atoms. The van der Waals surface area contributed by atoms with Gasteiger partial charge in [-0.05, 0) is 42.8 Å². The van der Waals surface area contributed by atoms with Crippen LogP contribution in [0.1, 0.15) is 21.5 Å². The molecule has 0 aliphatic carbocycles. The summed E-state index contributed by atoms with van der Waals surface area (Å²) in [5.74, 6) is -0.0623. The van der Waals surface area contributed by atoms with E-state index >= 15 is 0 Å². The number of halogens is 1. The molecule has 0 bridgehead atoms. The zero-order valence-corrected chi connectivity index (χ0v) is 17.1. The molecule has 3 N–H and O–H groups in total. The molecule has 3 rings (SSSR count). The molecule has 0 fully saturated rings. The number of hydrogen-bond acceptors (Lipinski definition) is 4. The number of sulfonamides is 1. The summed E-state index contributed by atoms with van der Waals surface area (Å²) in [5, 5.41) is 8.48. The highest BCUT2D eigenvalue weighted by Gasteiger charge is 2.16. The van der Waals surface area contributed by atoms with Crippen LogP contribution in [0.15, 0.2) is 71.6 Å². The monoisotopic (exact) mass is 430 g/mol. The van der Waals surface area contributed by atoms with Crippen LogP contribution in [-0.2, 0) is 16.6 Å². The molecule has 0 aliphatic rings. The molecule has 1 amide bonds. The summed E-state index contributed by atoms with van der Waals surface area (Å²) in [6, 6.07) is 18.5.